The molecule has 1 aliphatic heterocycles. The summed E-state index contributed by atoms with van der Waals surface area (Å²) in [6.45, 7) is 7.19. The number of rotatable bonds is 5. The first-order valence-corrected chi connectivity index (χ1v) is 9.82. The van der Waals surface area contributed by atoms with Gasteiger partial charge in [0.25, 0.3) is 0 Å². The van der Waals surface area contributed by atoms with E-state index in [1.807, 2.05) is 26.0 Å². The summed E-state index contributed by atoms with van der Waals surface area (Å²) < 4.78 is 11.2. The van der Waals surface area contributed by atoms with Gasteiger partial charge in [0.05, 0.1) is 13.2 Å². The minimum absolute atomic E-state index is 0.0279. The summed E-state index contributed by atoms with van der Waals surface area (Å²) in [4.78, 5) is 15.3. The van der Waals surface area contributed by atoms with E-state index in [-0.39, 0.29) is 11.4 Å². The van der Waals surface area contributed by atoms with E-state index in [0.29, 0.717) is 12.2 Å². The molecule has 2 aromatic heterocycles. The molecule has 1 aliphatic carbocycles. The van der Waals surface area contributed by atoms with Gasteiger partial charge in [-0.2, -0.15) is 5.10 Å². The van der Waals surface area contributed by atoms with E-state index in [9.17, 15) is 4.79 Å². The number of furan rings is 1. The first-order valence-electron chi connectivity index (χ1n) is 9.82. The Labute approximate surface area is 159 Å². The molecule has 1 saturated heterocycles. The van der Waals surface area contributed by atoms with Gasteiger partial charge in [0.1, 0.15) is 11.5 Å². The van der Waals surface area contributed by atoms with Gasteiger partial charge in [0.2, 0.25) is 5.91 Å². The number of amides is 1. The van der Waals surface area contributed by atoms with Crippen molar-refractivity contribution in [2.24, 2.45) is 0 Å². The molecule has 0 unspecified atom stereocenters. The van der Waals surface area contributed by atoms with Crippen molar-refractivity contribution in [1.82, 2.24) is 15.1 Å². The Bertz CT molecular complexity index is 798. The predicted octanol–water partition coefficient (Wildman–Crippen LogP) is 3.26. The van der Waals surface area contributed by atoms with Crippen LogP contribution in [0.1, 0.15) is 43.4 Å². The lowest BCUT2D eigenvalue weighted by Crippen LogP contribution is -2.53. The number of hydrogen-bond acceptors (Lipinski definition) is 5. The van der Waals surface area contributed by atoms with Gasteiger partial charge in [-0.15, -0.1) is 0 Å². The van der Waals surface area contributed by atoms with Gasteiger partial charge in [-0.25, -0.2) is 0 Å². The van der Waals surface area contributed by atoms with Crippen LogP contribution in [0.5, 0.6) is 0 Å². The van der Waals surface area contributed by atoms with Gasteiger partial charge in [-0.1, -0.05) is 12.8 Å². The zero-order chi connectivity index (χ0) is 18.9. The van der Waals surface area contributed by atoms with Crippen molar-refractivity contribution < 1.29 is 13.9 Å². The van der Waals surface area contributed by atoms with Crippen molar-refractivity contribution in [3.63, 3.8) is 0 Å². The van der Waals surface area contributed by atoms with Crippen LogP contribution in [0, 0.1) is 13.8 Å². The number of aromatic amines is 1. The number of ether oxygens (including phenoxy) is 1. The lowest BCUT2D eigenvalue weighted by Gasteiger charge is -2.43. The average molecular weight is 372 g/mol. The van der Waals surface area contributed by atoms with E-state index >= 15 is 0 Å². The molecule has 4 rings (SSSR count). The molecule has 2 aromatic rings. The van der Waals surface area contributed by atoms with Crippen molar-refractivity contribution >= 4 is 11.7 Å². The maximum Gasteiger partial charge on any atom is 0.227 e. The maximum absolute atomic E-state index is 12.9. The highest BCUT2D eigenvalue weighted by Gasteiger charge is 2.41. The SMILES string of the molecule is Cc1ccc(-c2[nH]nc(NC(=O)CC3(N4CCOCC4)CCCC3)c2C)o1. The number of hydrogen-bond donors (Lipinski definition) is 2. The number of nitrogens with one attached hydrogen (secondary N) is 2. The third-order valence-corrected chi connectivity index (χ3v) is 5.96. The van der Waals surface area contributed by atoms with Crippen LogP contribution < -0.4 is 5.32 Å². The highest BCUT2D eigenvalue weighted by Crippen LogP contribution is 2.39. The Balaban J connectivity index is 1.46. The predicted molar refractivity (Wildman–Crippen MR) is 103 cm³/mol. The second kappa shape index (κ2) is 7.48. The summed E-state index contributed by atoms with van der Waals surface area (Å²) in [7, 11) is 0. The second-order valence-corrected chi connectivity index (χ2v) is 7.74. The van der Waals surface area contributed by atoms with Crippen LogP contribution in [0.2, 0.25) is 0 Å². The van der Waals surface area contributed by atoms with Crippen molar-refractivity contribution in [3.8, 4) is 11.5 Å². The average Bonchev–Trinajstić information content (AvgIpc) is 3.38. The summed E-state index contributed by atoms with van der Waals surface area (Å²) in [5, 5.41) is 10.3. The molecule has 0 aromatic carbocycles. The molecule has 0 spiro atoms. The van der Waals surface area contributed by atoms with Crippen LogP contribution in [0.3, 0.4) is 0 Å². The summed E-state index contributed by atoms with van der Waals surface area (Å²) in [6.07, 6.45) is 5.05. The van der Waals surface area contributed by atoms with E-state index in [2.05, 4.69) is 20.4 Å². The second-order valence-electron chi connectivity index (χ2n) is 7.74. The normalized spacial score (nSPS) is 20.1. The molecule has 1 saturated carbocycles. The van der Waals surface area contributed by atoms with E-state index in [4.69, 9.17) is 9.15 Å². The molecule has 3 heterocycles. The number of H-pyrrole nitrogens is 1. The molecule has 146 valence electrons. The third-order valence-electron chi connectivity index (χ3n) is 5.96. The largest absolute Gasteiger partial charge is 0.460 e. The van der Waals surface area contributed by atoms with Gasteiger partial charge >= 0.3 is 0 Å². The molecule has 7 nitrogen and oxygen atoms in total. The molecule has 2 aliphatic rings. The number of morpholine rings is 1. The maximum atomic E-state index is 12.9. The van der Waals surface area contributed by atoms with Crippen LogP contribution in [0.25, 0.3) is 11.5 Å². The Morgan fingerprint density at radius 3 is 2.67 bits per heavy atom. The van der Waals surface area contributed by atoms with Gasteiger partial charge in [-0.3, -0.25) is 14.8 Å². The number of nitrogens with zero attached hydrogens (tertiary/aromatic N) is 2. The summed E-state index contributed by atoms with van der Waals surface area (Å²) in [6, 6.07) is 3.83. The highest BCUT2D eigenvalue weighted by molar-refractivity contribution is 5.92. The quantitative estimate of drug-likeness (QED) is 0.842. The molecule has 1 amide bonds. The summed E-state index contributed by atoms with van der Waals surface area (Å²) in [5.41, 5.74) is 1.67. The van der Waals surface area contributed by atoms with Crippen molar-refractivity contribution in [2.75, 3.05) is 31.6 Å². The molecule has 2 fully saturated rings. The number of carbonyl (C=O) groups is 1. The van der Waals surface area contributed by atoms with Gasteiger partial charge in [-0.05, 0) is 38.8 Å². The topological polar surface area (TPSA) is 83.4 Å². The number of aromatic nitrogens is 2. The zero-order valence-electron chi connectivity index (χ0n) is 16.1. The molecular weight excluding hydrogens is 344 g/mol. The number of aryl methyl sites for hydroxylation is 1. The fraction of sp³-hybridized carbons (Fsp3) is 0.600. The Morgan fingerprint density at radius 2 is 2.00 bits per heavy atom. The van der Waals surface area contributed by atoms with E-state index in [0.717, 1.165) is 61.9 Å². The number of anilines is 1. The van der Waals surface area contributed by atoms with E-state index in [1.165, 1.54) is 12.8 Å². The fourth-order valence-electron chi connectivity index (χ4n) is 4.48. The van der Waals surface area contributed by atoms with E-state index < -0.39 is 0 Å². The minimum atomic E-state index is -0.0287. The lowest BCUT2D eigenvalue weighted by molar-refractivity contribution is -0.120. The monoisotopic (exact) mass is 372 g/mol. The van der Waals surface area contributed by atoms with Crippen LogP contribution in [-0.2, 0) is 9.53 Å². The van der Waals surface area contributed by atoms with Crippen LogP contribution in [-0.4, -0.2) is 52.8 Å². The smallest absolute Gasteiger partial charge is 0.227 e. The van der Waals surface area contributed by atoms with Gasteiger partial charge < -0.3 is 14.5 Å². The van der Waals surface area contributed by atoms with Crippen molar-refractivity contribution in [1.29, 1.82) is 0 Å². The Hall–Kier alpha value is -2.12. The summed E-state index contributed by atoms with van der Waals surface area (Å²) in [5.74, 6) is 2.19. The van der Waals surface area contributed by atoms with Gasteiger partial charge in [0, 0.05) is 30.6 Å². The standard InChI is InChI=1S/C20H28N4O3/c1-14-5-6-16(27-14)18-15(2)19(23-22-18)21-17(25)13-20(7-3-4-8-20)24-9-11-26-12-10-24/h5-6H,3-4,7-13H2,1-2H3,(H2,21,22,23,25). The molecule has 0 bridgehead atoms. The fourth-order valence-corrected chi connectivity index (χ4v) is 4.48. The van der Waals surface area contributed by atoms with Gasteiger partial charge in [0.15, 0.2) is 11.6 Å². The molecular formula is C20H28N4O3. The molecule has 27 heavy (non-hydrogen) atoms. The summed E-state index contributed by atoms with van der Waals surface area (Å²) >= 11 is 0. The molecule has 0 atom stereocenters. The molecule has 7 heteroatoms. The first kappa shape index (κ1) is 18.3. The highest BCUT2D eigenvalue weighted by atomic mass is 16.5. The van der Waals surface area contributed by atoms with Crippen LogP contribution >= 0.6 is 0 Å². The Kier molecular flexibility index (Phi) is 5.06. The van der Waals surface area contributed by atoms with Crippen molar-refractivity contribution in [3.05, 3.63) is 23.5 Å². The Morgan fingerprint density at radius 1 is 1.26 bits per heavy atom. The zero-order valence-corrected chi connectivity index (χ0v) is 16.1. The first-order chi connectivity index (χ1) is 13.1. The third kappa shape index (κ3) is 3.66. The molecule has 0 radical (unpaired) electrons. The minimum Gasteiger partial charge on any atom is -0.460 e. The van der Waals surface area contributed by atoms with Crippen LogP contribution in [0.4, 0.5) is 5.82 Å². The lowest BCUT2D eigenvalue weighted by atomic mass is 9.90. The van der Waals surface area contributed by atoms with E-state index in [1.54, 1.807) is 0 Å². The molecule has 2 N–H and O–H groups in total. The van der Waals surface area contributed by atoms with Crippen LogP contribution in [0.15, 0.2) is 16.5 Å². The number of carbonyl (C=O) groups excluding carboxylic acids is 1. The van der Waals surface area contributed by atoms with Crippen molar-refractivity contribution in [2.45, 2.75) is 51.5 Å².